The van der Waals surface area contributed by atoms with Gasteiger partial charge >= 0.3 is 0 Å². The lowest BCUT2D eigenvalue weighted by Gasteiger charge is -2.33. The molecule has 2 aliphatic heterocycles. The Morgan fingerprint density at radius 3 is 2.88 bits per heavy atom. The standard InChI is InChI=1S/C14H28N2O/c1-14(2)5-3-7-16(8-6-14)10-12-11-17-9-4-13(12)15/h12-13H,3-11,15H2,1-2H3. The van der Waals surface area contributed by atoms with Crippen molar-refractivity contribution in [2.24, 2.45) is 17.1 Å². The van der Waals surface area contributed by atoms with Gasteiger partial charge in [-0.15, -0.1) is 0 Å². The van der Waals surface area contributed by atoms with Gasteiger partial charge in [-0.05, 0) is 44.2 Å². The minimum Gasteiger partial charge on any atom is -0.381 e. The van der Waals surface area contributed by atoms with E-state index in [0.717, 1.165) is 26.2 Å². The van der Waals surface area contributed by atoms with E-state index >= 15 is 0 Å². The maximum absolute atomic E-state index is 6.18. The molecule has 17 heavy (non-hydrogen) atoms. The third-order valence-corrected chi connectivity index (χ3v) is 4.46. The van der Waals surface area contributed by atoms with Crippen molar-refractivity contribution in [1.82, 2.24) is 4.90 Å². The summed E-state index contributed by atoms with van der Waals surface area (Å²) in [5.74, 6) is 0.546. The molecule has 0 bridgehead atoms. The van der Waals surface area contributed by atoms with Gasteiger partial charge in [-0.1, -0.05) is 13.8 Å². The molecule has 3 heteroatoms. The average Bonchev–Trinajstić information content (AvgIpc) is 2.44. The van der Waals surface area contributed by atoms with Crippen LogP contribution in [0.1, 0.15) is 39.5 Å². The van der Waals surface area contributed by atoms with E-state index in [1.165, 1.54) is 32.4 Å². The second-order valence-corrected chi connectivity index (χ2v) is 6.61. The molecule has 0 aromatic heterocycles. The number of likely N-dealkylation sites (tertiary alicyclic amines) is 1. The predicted octanol–water partition coefficient (Wildman–Crippen LogP) is 1.86. The van der Waals surface area contributed by atoms with E-state index in [1.807, 2.05) is 0 Å². The zero-order chi connectivity index (χ0) is 12.3. The quantitative estimate of drug-likeness (QED) is 0.801. The van der Waals surface area contributed by atoms with Crippen molar-refractivity contribution in [2.45, 2.75) is 45.6 Å². The fraction of sp³-hybridized carbons (Fsp3) is 1.00. The van der Waals surface area contributed by atoms with Crippen molar-refractivity contribution in [3.63, 3.8) is 0 Å². The molecule has 100 valence electrons. The lowest BCUT2D eigenvalue weighted by molar-refractivity contribution is 0.0262. The highest BCUT2D eigenvalue weighted by Crippen LogP contribution is 2.30. The smallest absolute Gasteiger partial charge is 0.0521 e. The van der Waals surface area contributed by atoms with Crippen LogP contribution < -0.4 is 5.73 Å². The normalized spacial score (nSPS) is 35.5. The maximum atomic E-state index is 6.18. The molecule has 0 aliphatic carbocycles. The molecule has 0 spiro atoms. The summed E-state index contributed by atoms with van der Waals surface area (Å²) in [6.07, 6.45) is 5.03. The Balaban J connectivity index is 1.82. The minimum atomic E-state index is 0.347. The molecule has 2 atom stereocenters. The Kier molecular flexibility index (Phi) is 4.45. The number of rotatable bonds is 2. The van der Waals surface area contributed by atoms with Crippen LogP contribution in [0.3, 0.4) is 0 Å². The highest BCUT2D eigenvalue weighted by atomic mass is 16.5. The fourth-order valence-corrected chi connectivity index (χ4v) is 2.99. The number of hydrogen-bond acceptors (Lipinski definition) is 3. The minimum absolute atomic E-state index is 0.347. The monoisotopic (exact) mass is 240 g/mol. The van der Waals surface area contributed by atoms with Crippen LogP contribution in [0, 0.1) is 11.3 Å². The van der Waals surface area contributed by atoms with E-state index in [4.69, 9.17) is 10.5 Å². The predicted molar refractivity (Wildman–Crippen MR) is 71.0 cm³/mol. The molecular formula is C14H28N2O. The van der Waals surface area contributed by atoms with E-state index in [1.54, 1.807) is 0 Å². The van der Waals surface area contributed by atoms with Crippen LogP contribution in [0.5, 0.6) is 0 Å². The maximum Gasteiger partial charge on any atom is 0.0521 e. The van der Waals surface area contributed by atoms with Crippen molar-refractivity contribution in [3.8, 4) is 0 Å². The van der Waals surface area contributed by atoms with Gasteiger partial charge in [0.05, 0.1) is 6.61 Å². The molecule has 2 saturated heterocycles. The third kappa shape index (κ3) is 3.94. The molecule has 2 aliphatic rings. The lowest BCUT2D eigenvalue weighted by Crippen LogP contribution is -2.45. The molecule has 0 aromatic carbocycles. The first kappa shape index (κ1) is 13.3. The topological polar surface area (TPSA) is 38.5 Å². The van der Waals surface area contributed by atoms with Gasteiger partial charge in [0.15, 0.2) is 0 Å². The van der Waals surface area contributed by atoms with Gasteiger partial charge in [0, 0.05) is 25.1 Å². The first-order valence-corrected chi connectivity index (χ1v) is 7.12. The highest BCUT2D eigenvalue weighted by molar-refractivity contribution is 4.82. The first-order chi connectivity index (χ1) is 8.07. The highest BCUT2D eigenvalue weighted by Gasteiger charge is 2.27. The Morgan fingerprint density at radius 2 is 2.12 bits per heavy atom. The van der Waals surface area contributed by atoms with E-state index in [-0.39, 0.29) is 0 Å². The Hall–Kier alpha value is -0.120. The van der Waals surface area contributed by atoms with Gasteiger partial charge in [-0.2, -0.15) is 0 Å². The van der Waals surface area contributed by atoms with E-state index in [9.17, 15) is 0 Å². The molecule has 2 fully saturated rings. The number of hydrogen-bond donors (Lipinski definition) is 1. The zero-order valence-corrected chi connectivity index (χ0v) is 11.5. The van der Waals surface area contributed by atoms with Crippen molar-refractivity contribution in [3.05, 3.63) is 0 Å². The van der Waals surface area contributed by atoms with Crippen LogP contribution in [0.15, 0.2) is 0 Å². The summed E-state index contributed by atoms with van der Waals surface area (Å²) in [5, 5.41) is 0. The molecule has 0 amide bonds. The third-order valence-electron chi connectivity index (χ3n) is 4.46. The molecule has 3 nitrogen and oxygen atoms in total. The molecule has 0 saturated carbocycles. The summed E-state index contributed by atoms with van der Waals surface area (Å²) in [6, 6.07) is 0.347. The molecular weight excluding hydrogens is 212 g/mol. The number of nitrogens with zero attached hydrogens (tertiary/aromatic N) is 1. The Bertz CT molecular complexity index is 242. The van der Waals surface area contributed by atoms with Crippen LogP contribution >= 0.6 is 0 Å². The molecule has 2 unspecified atom stereocenters. The second kappa shape index (κ2) is 5.68. The van der Waals surface area contributed by atoms with Crippen LogP contribution in [0.25, 0.3) is 0 Å². The molecule has 2 N–H and O–H groups in total. The van der Waals surface area contributed by atoms with Gasteiger partial charge in [0.2, 0.25) is 0 Å². The van der Waals surface area contributed by atoms with Crippen LogP contribution in [0.2, 0.25) is 0 Å². The van der Waals surface area contributed by atoms with Crippen molar-refractivity contribution in [2.75, 3.05) is 32.8 Å². The molecule has 0 aromatic rings. The molecule has 2 rings (SSSR count). The summed E-state index contributed by atoms with van der Waals surface area (Å²) in [4.78, 5) is 2.61. The first-order valence-electron chi connectivity index (χ1n) is 7.12. The molecule has 0 radical (unpaired) electrons. The van der Waals surface area contributed by atoms with Crippen molar-refractivity contribution in [1.29, 1.82) is 0 Å². The summed E-state index contributed by atoms with van der Waals surface area (Å²) in [6.45, 7) is 10.1. The van der Waals surface area contributed by atoms with E-state index < -0.39 is 0 Å². The van der Waals surface area contributed by atoms with Crippen LogP contribution in [-0.4, -0.2) is 43.8 Å². The van der Waals surface area contributed by atoms with Crippen molar-refractivity contribution < 1.29 is 4.74 Å². The second-order valence-electron chi connectivity index (χ2n) is 6.61. The lowest BCUT2D eigenvalue weighted by atomic mass is 9.85. The molecule has 2 heterocycles. The van der Waals surface area contributed by atoms with Crippen LogP contribution in [-0.2, 0) is 4.74 Å². The summed E-state index contributed by atoms with van der Waals surface area (Å²) >= 11 is 0. The van der Waals surface area contributed by atoms with Gasteiger partial charge in [0.25, 0.3) is 0 Å². The average molecular weight is 240 g/mol. The van der Waals surface area contributed by atoms with Crippen molar-refractivity contribution >= 4 is 0 Å². The largest absolute Gasteiger partial charge is 0.381 e. The SMILES string of the molecule is CC1(C)CCCN(CC2COCCC2N)CC1. The van der Waals surface area contributed by atoms with Gasteiger partial charge in [-0.3, -0.25) is 0 Å². The number of nitrogens with two attached hydrogens (primary N) is 1. The Morgan fingerprint density at radius 1 is 1.29 bits per heavy atom. The van der Waals surface area contributed by atoms with Crippen LogP contribution in [0.4, 0.5) is 0 Å². The van der Waals surface area contributed by atoms with E-state index in [0.29, 0.717) is 17.4 Å². The summed E-state index contributed by atoms with van der Waals surface area (Å²) < 4.78 is 5.56. The van der Waals surface area contributed by atoms with Gasteiger partial charge in [-0.25, -0.2) is 0 Å². The number of ether oxygens (including phenoxy) is 1. The fourth-order valence-electron chi connectivity index (χ4n) is 2.99. The zero-order valence-electron chi connectivity index (χ0n) is 11.5. The summed E-state index contributed by atoms with van der Waals surface area (Å²) in [5.41, 5.74) is 6.71. The summed E-state index contributed by atoms with van der Waals surface area (Å²) in [7, 11) is 0. The van der Waals surface area contributed by atoms with Gasteiger partial charge < -0.3 is 15.4 Å². The van der Waals surface area contributed by atoms with Gasteiger partial charge in [0.1, 0.15) is 0 Å². The Labute approximate surface area is 106 Å². The van der Waals surface area contributed by atoms with E-state index in [2.05, 4.69) is 18.7 Å².